The molecule has 0 aliphatic carbocycles. The third-order valence-electron chi connectivity index (χ3n) is 3.71. The first-order valence-corrected chi connectivity index (χ1v) is 7.58. The van der Waals surface area contributed by atoms with E-state index in [-0.39, 0.29) is 17.2 Å². The maximum atomic E-state index is 11.1. The van der Waals surface area contributed by atoms with Crippen molar-refractivity contribution in [3.05, 3.63) is 64.9 Å². The van der Waals surface area contributed by atoms with Gasteiger partial charge in [0.15, 0.2) is 5.75 Å². The van der Waals surface area contributed by atoms with E-state index in [0.29, 0.717) is 22.6 Å². The molecule has 0 spiro atoms. The molecule has 1 aliphatic heterocycles. The third-order valence-corrected chi connectivity index (χ3v) is 3.71. The van der Waals surface area contributed by atoms with Crippen LogP contribution in [0.2, 0.25) is 0 Å². The third kappa shape index (κ3) is 3.53. The number of nitrogens with one attached hydrogen (secondary N) is 2. The molecule has 2 aromatic carbocycles. The second kappa shape index (κ2) is 6.52. The van der Waals surface area contributed by atoms with Crippen molar-refractivity contribution in [3.63, 3.8) is 0 Å². The fourth-order valence-electron chi connectivity index (χ4n) is 2.54. The van der Waals surface area contributed by atoms with E-state index in [0.717, 1.165) is 5.56 Å². The molecule has 126 valence electrons. The molecule has 1 aliphatic rings. The van der Waals surface area contributed by atoms with Crippen LogP contribution in [-0.4, -0.2) is 22.1 Å². The molecule has 0 saturated carbocycles. The molecule has 0 bridgehead atoms. The van der Waals surface area contributed by atoms with Crippen molar-refractivity contribution in [2.24, 2.45) is 0 Å². The maximum absolute atomic E-state index is 11.1. The first-order chi connectivity index (χ1) is 11.9. The molecule has 0 aromatic heterocycles. The van der Waals surface area contributed by atoms with Gasteiger partial charge in [-0.1, -0.05) is 24.3 Å². The van der Waals surface area contributed by atoms with Crippen molar-refractivity contribution in [1.82, 2.24) is 0 Å². The van der Waals surface area contributed by atoms with Crippen molar-refractivity contribution in [1.29, 1.82) is 0 Å². The number of aromatic hydroxyl groups is 1. The number of hydrogen-bond acceptors (Lipinski definition) is 4. The minimum atomic E-state index is -1.18. The lowest BCUT2D eigenvalue weighted by Crippen LogP contribution is -2.07. The number of carboxylic acid groups (broad SMARTS) is 1. The lowest BCUT2D eigenvalue weighted by molar-refractivity contribution is -0.114. The zero-order chi connectivity index (χ0) is 18.0. The lowest BCUT2D eigenvalue weighted by atomic mass is 10.0. The van der Waals surface area contributed by atoms with Crippen molar-refractivity contribution in [3.8, 4) is 5.75 Å². The Morgan fingerprint density at radius 3 is 2.44 bits per heavy atom. The highest BCUT2D eigenvalue weighted by Gasteiger charge is 2.18. The van der Waals surface area contributed by atoms with Crippen LogP contribution in [0.15, 0.2) is 48.2 Å². The van der Waals surface area contributed by atoms with E-state index < -0.39 is 5.97 Å². The highest BCUT2D eigenvalue weighted by molar-refractivity contribution is 5.96. The quantitative estimate of drug-likeness (QED) is 0.643. The number of phenols is 1. The topological polar surface area (TPSA) is 98.7 Å². The summed E-state index contributed by atoms with van der Waals surface area (Å²) in [7, 11) is 0. The Bertz CT molecular complexity index is 912. The van der Waals surface area contributed by atoms with E-state index in [4.69, 9.17) is 5.11 Å². The van der Waals surface area contributed by atoms with Crippen LogP contribution < -0.4 is 10.6 Å². The summed E-state index contributed by atoms with van der Waals surface area (Å²) in [6.07, 6.45) is 5.49. The van der Waals surface area contributed by atoms with Crippen molar-refractivity contribution < 1.29 is 19.8 Å². The Hall–Kier alpha value is -3.54. The van der Waals surface area contributed by atoms with E-state index in [1.165, 1.54) is 13.0 Å². The van der Waals surface area contributed by atoms with E-state index in [1.54, 1.807) is 24.3 Å². The molecule has 3 rings (SSSR count). The Labute approximate surface area is 144 Å². The number of carbonyl (C=O) groups is 2. The predicted molar refractivity (Wildman–Crippen MR) is 96.4 cm³/mol. The standard InChI is InChI=1S/C19H16N2O4/c1-11(22)20-14-6-2-12(3-7-14)10-15-8-4-13-5-9-16(19(24)25)18(23)17(13)21-15/h2-10,21,23H,1H3,(H,20,22)(H,24,25)/b15-10+. The van der Waals surface area contributed by atoms with Gasteiger partial charge in [-0.05, 0) is 35.9 Å². The molecule has 0 atom stereocenters. The zero-order valence-corrected chi connectivity index (χ0v) is 13.4. The molecule has 0 unspecified atom stereocenters. The Morgan fingerprint density at radius 1 is 1.08 bits per heavy atom. The maximum Gasteiger partial charge on any atom is 0.339 e. The summed E-state index contributed by atoms with van der Waals surface area (Å²) in [6.45, 7) is 1.45. The molecule has 25 heavy (non-hydrogen) atoms. The summed E-state index contributed by atoms with van der Waals surface area (Å²) < 4.78 is 0. The van der Waals surface area contributed by atoms with Gasteiger partial charge in [-0.2, -0.15) is 0 Å². The summed E-state index contributed by atoms with van der Waals surface area (Å²) in [5.41, 5.74) is 3.22. The number of anilines is 2. The summed E-state index contributed by atoms with van der Waals surface area (Å²) in [6, 6.07) is 10.3. The number of hydrogen-bond donors (Lipinski definition) is 4. The number of amides is 1. The van der Waals surface area contributed by atoms with Crippen LogP contribution in [0, 0.1) is 0 Å². The molecular formula is C19H16N2O4. The van der Waals surface area contributed by atoms with Crippen LogP contribution >= 0.6 is 0 Å². The van der Waals surface area contributed by atoms with Gasteiger partial charge in [-0.3, -0.25) is 4.79 Å². The minimum Gasteiger partial charge on any atom is -0.505 e. The molecule has 1 heterocycles. The Balaban J connectivity index is 1.87. The van der Waals surface area contributed by atoms with Gasteiger partial charge in [0.25, 0.3) is 0 Å². The highest BCUT2D eigenvalue weighted by Crippen LogP contribution is 2.36. The van der Waals surface area contributed by atoms with E-state index in [9.17, 15) is 14.7 Å². The molecule has 0 radical (unpaired) electrons. The predicted octanol–water partition coefficient (Wildman–Crippen LogP) is 3.53. The number of carbonyl (C=O) groups excluding carboxylic acids is 1. The summed E-state index contributed by atoms with van der Waals surface area (Å²) >= 11 is 0. The van der Waals surface area contributed by atoms with Gasteiger partial charge in [0.2, 0.25) is 5.91 Å². The fourth-order valence-corrected chi connectivity index (χ4v) is 2.54. The second-order valence-corrected chi connectivity index (χ2v) is 5.59. The molecule has 1 amide bonds. The number of benzene rings is 2. The second-order valence-electron chi connectivity index (χ2n) is 5.59. The summed E-state index contributed by atoms with van der Waals surface area (Å²) in [5, 5.41) is 25.0. The van der Waals surface area contributed by atoms with Crippen molar-refractivity contribution in [2.75, 3.05) is 10.6 Å². The lowest BCUT2D eigenvalue weighted by Gasteiger charge is -2.18. The first kappa shape index (κ1) is 16.3. The average molecular weight is 336 g/mol. The zero-order valence-electron chi connectivity index (χ0n) is 13.4. The molecule has 6 heteroatoms. The van der Waals surface area contributed by atoms with Crippen LogP contribution in [0.1, 0.15) is 28.4 Å². The molecule has 2 aromatic rings. The highest BCUT2D eigenvalue weighted by atomic mass is 16.4. The van der Waals surface area contributed by atoms with Gasteiger partial charge in [0, 0.05) is 23.9 Å². The molecule has 6 nitrogen and oxygen atoms in total. The molecule has 0 saturated heterocycles. The van der Waals surface area contributed by atoms with Crippen molar-refractivity contribution >= 4 is 35.4 Å². The molecular weight excluding hydrogens is 320 g/mol. The average Bonchev–Trinajstić information content (AvgIpc) is 2.56. The summed E-state index contributed by atoms with van der Waals surface area (Å²) in [5.74, 6) is -1.61. The Morgan fingerprint density at radius 2 is 1.80 bits per heavy atom. The van der Waals surface area contributed by atoms with Crippen molar-refractivity contribution in [2.45, 2.75) is 6.92 Å². The fraction of sp³-hybridized carbons (Fsp3) is 0.0526. The number of rotatable bonds is 3. The SMILES string of the molecule is CC(=O)Nc1ccc(/C=C2\C=Cc3ccc(C(=O)O)c(O)c3N2)cc1. The van der Waals surface area contributed by atoms with E-state index in [1.807, 2.05) is 24.3 Å². The van der Waals surface area contributed by atoms with Gasteiger partial charge >= 0.3 is 5.97 Å². The number of fused-ring (bicyclic) bond motifs is 1. The van der Waals surface area contributed by atoms with Crippen LogP contribution in [0.4, 0.5) is 11.4 Å². The number of aromatic carboxylic acids is 1. The largest absolute Gasteiger partial charge is 0.505 e. The van der Waals surface area contributed by atoms with Gasteiger partial charge in [0.05, 0.1) is 5.69 Å². The number of allylic oxidation sites excluding steroid dienone is 1. The van der Waals surface area contributed by atoms with Crippen LogP contribution in [0.25, 0.3) is 12.2 Å². The van der Waals surface area contributed by atoms with Gasteiger partial charge < -0.3 is 20.8 Å². The van der Waals surface area contributed by atoms with Gasteiger partial charge in [0.1, 0.15) is 5.56 Å². The smallest absolute Gasteiger partial charge is 0.339 e. The first-order valence-electron chi connectivity index (χ1n) is 7.58. The minimum absolute atomic E-state index is 0.135. The van der Waals surface area contributed by atoms with Gasteiger partial charge in [-0.25, -0.2) is 4.79 Å². The van der Waals surface area contributed by atoms with Crippen LogP contribution in [0.3, 0.4) is 0 Å². The summed E-state index contributed by atoms with van der Waals surface area (Å²) in [4.78, 5) is 22.2. The van der Waals surface area contributed by atoms with E-state index in [2.05, 4.69) is 10.6 Å². The number of carboxylic acids is 1. The van der Waals surface area contributed by atoms with E-state index >= 15 is 0 Å². The van der Waals surface area contributed by atoms with Crippen LogP contribution in [-0.2, 0) is 4.79 Å². The molecule has 0 fully saturated rings. The molecule has 4 N–H and O–H groups in total. The van der Waals surface area contributed by atoms with Gasteiger partial charge in [-0.15, -0.1) is 0 Å². The normalized spacial score (nSPS) is 13.9. The van der Waals surface area contributed by atoms with Crippen LogP contribution in [0.5, 0.6) is 5.75 Å². The Kier molecular flexibility index (Phi) is 4.26. The monoisotopic (exact) mass is 336 g/mol.